The Morgan fingerprint density at radius 3 is 2.78 bits per heavy atom. The average Bonchev–Trinajstić information content (AvgIpc) is 2.57. The van der Waals surface area contributed by atoms with E-state index in [1.54, 1.807) is 19.2 Å². The summed E-state index contributed by atoms with van der Waals surface area (Å²) in [6.07, 6.45) is 1.43. The summed E-state index contributed by atoms with van der Waals surface area (Å²) in [4.78, 5) is 13.6. The molecule has 1 saturated heterocycles. The first kappa shape index (κ1) is 15.5. The van der Waals surface area contributed by atoms with Crippen LogP contribution < -0.4 is 15.4 Å². The molecule has 4 nitrogen and oxygen atoms in total. The van der Waals surface area contributed by atoms with Crippen LogP contribution in [0.4, 0.5) is 10.1 Å². The van der Waals surface area contributed by atoms with Gasteiger partial charge in [0.15, 0.2) is 0 Å². The summed E-state index contributed by atoms with van der Waals surface area (Å²) in [5.41, 5.74) is 7.58. The number of nitrogens with two attached hydrogens (primary N) is 1. The van der Waals surface area contributed by atoms with Crippen molar-refractivity contribution in [2.75, 3.05) is 18.6 Å². The Kier molecular flexibility index (Phi) is 4.30. The molecule has 1 atom stereocenters. The van der Waals surface area contributed by atoms with E-state index in [9.17, 15) is 9.18 Å². The number of hydrogen-bond acceptors (Lipinski definition) is 3. The normalized spacial score (nSPS) is 18.1. The highest BCUT2D eigenvalue weighted by atomic mass is 19.1. The van der Waals surface area contributed by atoms with Gasteiger partial charge in [-0.1, -0.05) is 24.3 Å². The number of benzene rings is 2. The molecule has 2 aromatic rings. The number of methoxy groups -OCH3 is 1. The molecule has 1 fully saturated rings. The van der Waals surface area contributed by atoms with Gasteiger partial charge < -0.3 is 15.4 Å². The number of nitrogens with zero attached hydrogens (tertiary/aromatic N) is 1. The molecule has 0 aliphatic carbocycles. The highest BCUT2D eigenvalue weighted by Crippen LogP contribution is 2.33. The Labute approximate surface area is 134 Å². The number of amides is 1. The van der Waals surface area contributed by atoms with Crippen molar-refractivity contribution >= 4 is 11.6 Å². The minimum Gasteiger partial charge on any atom is -0.496 e. The Morgan fingerprint density at radius 2 is 2.04 bits per heavy atom. The van der Waals surface area contributed by atoms with E-state index in [1.165, 1.54) is 11.0 Å². The van der Waals surface area contributed by atoms with Crippen LogP contribution in [-0.2, 0) is 4.79 Å². The molecule has 1 aliphatic heterocycles. The van der Waals surface area contributed by atoms with Crippen LogP contribution in [0, 0.1) is 5.82 Å². The monoisotopic (exact) mass is 314 g/mol. The molecule has 1 amide bonds. The molecule has 0 spiro atoms. The zero-order chi connectivity index (χ0) is 16.4. The lowest BCUT2D eigenvalue weighted by atomic mass is 10.0. The SMILES string of the molecule is COc1ccccc1-c1ccc(N2CCCC(N)C2=O)c(F)c1. The number of carbonyl (C=O) groups excluding carboxylic acids is 1. The van der Waals surface area contributed by atoms with Crippen molar-refractivity contribution in [3.63, 3.8) is 0 Å². The van der Waals surface area contributed by atoms with Crippen LogP contribution in [-0.4, -0.2) is 25.6 Å². The smallest absolute Gasteiger partial charge is 0.243 e. The van der Waals surface area contributed by atoms with Crippen LogP contribution in [0.15, 0.2) is 42.5 Å². The van der Waals surface area contributed by atoms with Crippen LogP contribution in [0.3, 0.4) is 0 Å². The highest BCUT2D eigenvalue weighted by Gasteiger charge is 2.28. The fourth-order valence-electron chi connectivity index (χ4n) is 2.92. The Bertz CT molecular complexity index is 733. The molecule has 5 heteroatoms. The summed E-state index contributed by atoms with van der Waals surface area (Å²) in [6.45, 7) is 0.497. The lowest BCUT2D eigenvalue weighted by Gasteiger charge is -2.30. The number of hydrogen-bond donors (Lipinski definition) is 1. The molecule has 1 unspecified atom stereocenters. The number of piperidine rings is 1. The summed E-state index contributed by atoms with van der Waals surface area (Å²) in [5.74, 6) is 0.0202. The second kappa shape index (κ2) is 6.38. The molecule has 2 aromatic carbocycles. The number of ether oxygens (including phenoxy) is 1. The largest absolute Gasteiger partial charge is 0.496 e. The van der Waals surface area contributed by atoms with Crippen molar-refractivity contribution < 1.29 is 13.9 Å². The first-order valence-electron chi connectivity index (χ1n) is 7.61. The fourth-order valence-corrected chi connectivity index (χ4v) is 2.92. The first-order valence-corrected chi connectivity index (χ1v) is 7.61. The molecule has 0 saturated carbocycles. The van der Waals surface area contributed by atoms with E-state index >= 15 is 0 Å². The van der Waals surface area contributed by atoms with E-state index in [-0.39, 0.29) is 11.6 Å². The summed E-state index contributed by atoms with van der Waals surface area (Å²) >= 11 is 0. The summed E-state index contributed by atoms with van der Waals surface area (Å²) in [7, 11) is 1.58. The van der Waals surface area contributed by atoms with E-state index in [4.69, 9.17) is 10.5 Å². The first-order chi connectivity index (χ1) is 11.1. The van der Waals surface area contributed by atoms with E-state index in [1.807, 2.05) is 24.3 Å². The predicted octanol–water partition coefficient (Wildman–Crippen LogP) is 2.96. The molecule has 0 bridgehead atoms. The standard InChI is InChI=1S/C18H19FN2O2/c1-23-17-7-3-2-5-13(17)12-8-9-16(14(19)11-12)21-10-4-6-15(20)18(21)22/h2-3,5,7-9,11,15H,4,6,10,20H2,1H3. The molecule has 1 aliphatic rings. The molecule has 1 heterocycles. The van der Waals surface area contributed by atoms with Gasteiger partial charge in [0.05, 0.1) is 18.8 Å². The Morgan fingerprint density at radius 1 is 1.26 bits per heavy atom. The van der Waals surface area contributed by atoms with E-state index in [0.29, 0.717) is 24.3 Å². The highest BCUT2D eigenvalue weighted by molar-refractivity contribution is 5.98. The molecule has 3 rings (SSSR count). The number of rotatable bonds is 3. The minimum atomic E-state index is -0.544. The van der Waals surface area contributed by atoms with Crippen LogP contribution in [0.25, 0.3) is 11.1 Å². The van der Waals surface area contributed by atoms with Crippen molar-refractivity contribution in [2.45, 2.75) is 18.9 Å². The third kappa shape index (κ3) is 2.92. The van der Waals surface area contributed by atoms with Crippen LogP contribution in [0.2, 0.25) is 0 Å². The maximum absolute atomic E-state index is 14.6. The minimum absolute atomic E-state index is 0.222. The van der Waals surface area contributed by atoms with Crippen LogP contribution in [0.1, 0.15) is 12.8 Å². The zero-order valence-electron chi connectivity index (χ0n) is 13.0. The lowest BCUT2D eigenvalue weighted by Crippen LogP contribution is -2.48. The van der Waals surface area contributed by atoms with Gasteiger partial charge in [-0.2, -0.15) is 0 Å². The summed E-state index contributed by atoms with van der Waals surface area (Å²) in [6, 6.07) is 11.7. The van der Waals surface area contributed by atoms with Gasteiger partial charge in [-0.05, 0) is 36.6 Å². The number of carbonyl (C=O) groups is 1. The van der Waals surface area contributed by atoms with Crippen molar-refractivity contribution in [2.24, 2.45) is 5.73 Å². The second-order valence-corrected chi connectivity index (χ2v) is 5.61. The molecule has 120 valence electrons. The second-order valence-electron chi connectivity index (χ2n) is 5.61. The van der Waals surface area contributed by atoms with Crippen molar-refractivity contribution in [3.05, 3.63) is 48.3 Å². The van der Waals surface area contributed by atoms with Gasteiger partial charge in [-0.15, -0.1) is 0 Å². The van der Waals surface area contributed by atoms with Gasteiger partial charge in [0, 0.05) is 12.1 Å². The third-order valence-corrected chi connectivity index (χ3v) is 4.14. The topological polar surface area (TPSA) is 55.6 Å². The van der Waals surface area contributed by atoms with Gasteiger partial charge in [0.2, 0.25) is 5.91 Å². The number of anilines is 1. The number of para-hydroxylation sites is 1. The van der Waals surface area contributed by atoms with Crippen molar-refractivity contribution in [1.82, 2.24) is 0 Å². The third-order valence-electron chi connectivity index (χ3n) is 4.14. The van der Waals surface area contributed by atoms with E-state index < -0.39 is 11.9 Å². The van der Waals surface area contributed by atoms with Crippen molar-refractivity contribution in [1.29, 1.82) is 0 Å². The van der Waals surface area contributed by atoms with E-state index in [0.717, 1.165) is 12.0 Å². The summed E-state index contributed by atoms with van der Waals surface area (Å²) in [5, 5.41) is 0. The van der Waals surface area contributed by atoms with Gasteiger partial charge in [-0.3, -0.25) is 4.79 Å². The lowest BCUT2D eigenvalue weighted by molar-refractivity contribution is -0.120. The Hall–Kier alpha value is -2.40. The average molecular weight is 314 g/mol. The number of halogens is 1. The van der Waals surface area contributed by atoms with Gasteiger partial charge in [0.1, 0.15) is 11.6 Å². The predicted molar refractivity (Wildman–Crippen MR) is 88.0 cm³/mol. The van der Waals surface area contributed by atoms with Gasteiger partial charge >= 0.3 is 0 Å². The van der Waals surface area contributed by atoms with Gasteiger partial charge in [0.25, 0.3) is 0 Å². The quantitative estimate of drug-likeness (QED) is 0.947. The zero-order valence-corrected chi connectivity index (χ0v) is 13.0. The maximum Gasteiger partial charge on any atom is 0.243 e. The molecule has 0 aromatic heterocycles. The van der Waals surface area contributed by atoms with E-state index in [2.05, 4.69) is 0 Å². The maximum atomic E-state index is 14.6. The summed E-state index contributed by atoms with van der Waals surface area (Å²) < 4.78 is 19.9. The fraction of sp³-hybridized carbons (Fsp3) is 0.278. The molecular weight excluding hydrogens is 295 g/mol. The molecule has 0 radical (unpaired) electrons. The van der Waals surface area contributed by atoms with Crippen LogP contribution in [0.5, 0.6) is 5.75 Å². The molecule has 2 N–H and O–H groups in total. The molecular formula is C18H19FN2O2. The Balaban J connectivity index is 1.96. The molecule has 23 heavy (non-hydrogen) atoms. The van der Waals surface area contributed by atoms with Gasteiger partial charge in [-0.25, -0.2) is 4.39 Å². The van der Waals surface area contributed by atoms with Crippen LogP contribution >= 0.6 is 0 Å². The van der Waals surface area contributed by atoms with Crippen molar-refractivity contribution in [3.8, 4) is 16.9 Å².